The predicted molar refractivity (Wildman–Crippen MR) is 80.2 cm³/mol. The largest absolute Gasteiger partial charge is 0.423 e. The Bertz CT molecular complexity index is 776. The molecule has 0 saturated carbocycles. The average molecular weight is 337 g/mol. The quantitative estimate of drug-likeness (QED) is 0.630. The zero-order chi connectivity index (χ0) is 16.6. The van der Waals surface area contributed by atoms with E-state index in [1.165, 1.54) is 18.2 Å². The van der Waals surface area contributed by atoms with E-state index in [4.69, 9.17) is 16.0 Å². The van der Waals surface area contributed by atoms with Crippen molar-refractivity contribution in [2.75, 3.05) is 6.54 Å². The van der Waals surface area contributed by atoms with Gasteiger partial charge in [0.2, 0.25) is 11.8 Å². The van der Waals surface area contributed by atoms with Gasteiger partial charge in [-0.3, -0.25) is 14.9 Å². The summed E-state index contributed by atoms with van der Waals surface area (Å²) in [7, 11) is 0. The van der Waals surface area contributed by atoms with Crippen molar-refractivity contribution in [1.29, 1.82) is 0 Å². The highest BCUT2D eigenvalue weighted by Crippen LogP contribution is 2.33. The Kier molecular flexibility index (Phi) is 3.99. The molecule has 8 nitrogen and oxygen atoms in total. The number of nitro groups is 1. The number of rotatable bonds is 3. The molecule has 1 aliphatic heterocycles. The van der Waals surface area contributed by atoms with Crippen LogP contribution in [0.15, 0.2) is 22.6 Å². The van der Waals surface area contributed by atoms with Crippen LogP contribution in [0.25, 0.3) is 0 Å². The first-order valence-corrected chi connectivity index (χ1v) is 7.40. The third kappa shape index (κ3) is 2.89. The SMILES string of the molecule is Cc1nnc([C@@H]2CCCN2C(=O)c2ccc([N+](=O)[O-])c(Cl)c2)o1. The molecule has 1 saturated heterocycles. The number of nitro benzene ring substituents is 1. The summed E-state index contributed by atoms with van der Waals surface area (Å²) >= 11 is 5.88. The lowest BCUT2D eigenvalue weighted by molar-refractivity contribution is -0.384. The highest BCUT2D eigenvalue weighted by atomic mass is 35.5. The fourth-order valence-corrected chi connectivity index (χ4v) is 2.92. The molecule has 1 amide bonds. The van der Waals surface area contributed by atoms with Crippen LogP contribution in [0.1, 0.15) is 41.0 Å². The number of hydrogen-bond donors (Lipinski definition) is 0. The number of carbonyl (C=O) groups excluding carboxylic acids is 1. The summed E-state index contributed by atoms with van der Waals surface area (Å²) < 4.78 is 5.43. The second-order valence-corrected chi connectivity index (χ2v) is 5.65. The molecular formula is C14H13ClN4O4. The van der Waals surface area contributed by atoms with Crippen molar-refractivity contribution >= 4 is 23.2 Å². The maximum absolute atomic E-state index is 12.7. The van der Waals surface area contributed by atoms with Crippen LogP contribution in [0.3, 0.4) is 0 Å². The topological polar surface area (TPSA) is 102 Å². The second kappa shape index (κ2) is 5.96. The molecule has 0 unspecified atom stereocenters. The second-order valence-electron chi connectivity index (χ2n) is 5.24. The molecule has 1 aromatic carbocycles. The van der Waals surface area contributed by atoms with Gasteiger partial charge in [0.15, 0.2) is 0 Å². The third-order valence-corrected chi connectivity index (χ3v) is 4.03. The van der Waals surface area contributed by atoms with Gasteiger partial charge in [-0.05, 0) is 25.0 Å². The summed E-state index contributed by atoms with van der Waals surface area (Å²) in [5.74, 6) is 0.583. The number of aromatic nitrogens is 2. The van der Waals surface area contributed by atoms with Gasteiger partial charge in [0.1, 0.15) is 11.1 Å². The Labute approximate surface area is 136 Å². The van der Waals surface area contributed by atoms with E-state index in [1.807, 2.05) is 0 Å². The predicted octanol–water partition coefficient (Wildman–Crippen LogP) is 2.92. The Morgan fingerprint density at radius 2 is 2.26 bits per heavy atom. The van der Waals surface area contributed by atoms with Gasteiger partial charge in [-0.2, -0.15) is 0 Å². The number of carbonyl (C=O) groups is 1. The van der Waals surface area contributed by atoms with Gasteiger partial charge in [-0.1, -0.05) is 11.6 Å². The van der Waals surface area contributed by atoms with Crippen LogP contribution < -0.4 is 0 Å². The van der Waals surface area contributed by atoms with Crippen LogP contribution in [0.4, 0.5) is 5.69 Å². The van der Waals surface area contributed by atoms with Crippen molar-refractivity contribution in [1.82, 2.24) is 15.1 Å². The number of halogens is 1. The number of benzene rings is 1. The zero-order valence-electron chi connectivity index (χ0n) is 12.2. The minimum atomic E-state index is -0.587. The molecule has 2 heterocycles. The lowest BCUT2D eigenvalue weighted by atomic mass is 10.1. The molecule has 9 heteroatoms. The third-order valence-electron chi connectivity index (χ3n) is 3.73. The molecule has 0 spiro atoms. The summed E-state index contributed by atoms with van der Waals surface area (Å²) in [4.78, 5) is 24.5. The van der Waals surface area contributed by atoms with Crippen LogP contribution in [0, 0.1) is 17.0 Å². The Morgan fingerprint density at radius 3 is 2.87 bits per heavy atom. The van der Waals surface area contributed by atoms with E-state index in [-0.39, 0.29) is 22.7 Å². The van der Waals surface area contributed by atoms with E-state index in [0.717, 1.165) is 12.8 Å². The molecule has 1 aliphatic rings. The van der Waals surface area contributed by atoms with Crippen molar-refractivity contribution in [2.45, 2.75) is 25.8 Å². The van der Waals surface area contributed by atoms with Crippen LogP contribution >= 0.6 is 11.6 Å². The fraction of sp³-hybridized carbons (Fsp3) is 0.357. The van der Waals surface area contributed by atoms with Crippen LogP contribution in [0.5, 0.6) is 0 Å². The van der Waals surface area contributed by atoms with Gasteiger partial charge >= 0.3 is 0 Å². The standard InChI is InChI=1S/C14H13ClN4O4/c1-8-16-17-13(23-8)12-3-2-6-18(12)14(20)9-4-5-11(19(21)22)10(15)7-9/h4-5,7,12H,2-3,6H2,1H3/t12-/m0/s1. The van der Waals surface area contributed by atoms with Gasteiger partial charge in [0.25, 0.3) is 11.6 Å². The number of likely N-dealkylation sites (tertiary alicyclic amines) is 1. The van der Waals surface area contributed by atoms with Crippen molar-refractivity contribution in [2.24, 2.45) is 0 Å². The summed E-state index contributed by atoms with van der Waals surface area (Å²) in [5.41, 5.74) is 0.0671. The summed E-state index contributed by atoms with van der Waals surface area (Å²) in [6.45, 7) is 2.24. The van der Waals surface area contributed by atoms with E-state index in [2.05, 4.69) is 10.2 Å². The monoisotopic (exact) mass is 336 g/mol. The van der Waals surface area contributed by atoms with Gasteiger partial charge < -0.3 is 9.32 Å². The molecule has 0 bridgehead atoms. The van der Waals surface area contributed by atoms with E-state index < -0.39 is 4.92 Å². The molecule has 1 aromatic heterocycles. The minimum Gasteiger partial charge on any atom is -0.423 e. The van der Waals surface area contributed by atoms with Crippen molar-refractivity contribution in [3.63, 3.8) is 0 Å². The maximum atomic E-state index is 12.7. The normalized spacial score (nSPS) is 17.5. The number of aryl methyl sites for hydroxylation is 1. The molecule has 1 atom stereocenters. The zero-order valence-corrected chi connectivity index (χ0v) is 13.0. The van der Waals surface area contributed by atoms with Gasteiger partial charge in [-0.15, -0.1) is 10.2 Å². The molecule has 120 valence electrons. The molecule has 2 aromatic rings. The number of nitrogens with zero attached hydrogens (tertiary/aromatic N) is 4. The van der Waals surface area contributed by atoms with Crippen molar-refractivity contribution in [3.05, 3.63) is 50.7 Å². The van der Waals surface area contributed by atoms with E-state index in [0.29, 0.717) is 23.9 Å². The Balaban J connectivity index is 1.87. The fourth-order valence-electron chi connectivity index (χ4n) is 2.67. The van der Waals surface area contributed by atoms with E-state index >= 15 is 0 Å². The molecule has 1 fully saturated rings. The molecule has 23 heavy (non-hydrogen) atoms. The average Bonchev–Trinajstić information content (AvgIpc) is 3.14. The lowest BCUT2D eigenvalue weighted by Crippen LogP contribution is -2.30. The van der Waals surface area contributed by atoms with Gasteiger partial charge in [-0.25, -0.2) is 0 Å². The maximum Gasteiger partial charge on any atom is 0.287 e. The van der Waals surface area contributed by atoms with Crippen molar-refractivity contribution < 1.29 is 14.1 Å². The lowest BCUT2D eigenvalue weighted by Gasteiger charge is -2.22. The first-order valence-electron chi connectivity index (χ1n) is 7.02. The summed E-state index contributed by atoms with van der Waals surface area (Å²) in [6.07, 6.45) is 1.55. The Hall–Kier alpha value is -2.48. The molecule has 0 N–H and O–H groups in total. The van der Waals surface area contributed by atoms with Crippen LogP contribution in [-0.2, 0) is 0 Å². The molecule has 0 aliphatic carbocycles. The smallest absolute Gasteiger partial charge is 0.287 e. The number of amides is 1. The highest BCUT2D eigenvalue weighted by Gasteiger charge is 2.34. The molecule has 0 radical (unpaired) electrons. The first kappa shape index (κ1) is 15.4. The Morgan fingerprint density at radius 1 is 1.48 bits per heavy atom. The van der Waals surface area contributed by atoms with Crippen LogP contribution in [0.2, 0.25) is 5.02 Å². The minimum absolute atomic E-state index is 0.0646. The highest BCUT2D eigenvalue weighted by molar-refractivity contribution is 6.33. The molecule has 3 rings (SSSR count). The van der Waals surface area contributed by atoms with Crippen LogP contribution in [-0.4, -0.2) is 32.5 Å². The van der Waals surface area contributed by atoms with Gasteiger partial charge in [0.05, 0.1) is 4.92 Å². The van der Waals surface area contributed by atoms with Crippen molar-refractivity contribution in [3.8, 4) is 0 Å². The molecular weight excluding hydrogens is 324 g/mol. The summed E-state index contributed by atoms with van der Waals surface area (Å²) in [6, 6.07) is 3.67. The number of hydrogen-bond acceptors (Lipinski definition) is 6. The first-order chi connectivity index (χ1) is 11.0. The van der Waals surface area contributed by atoms with E-state index in [1.54, 1.807) is 11.8 Å². The summed E-state index contributed by atoms with van der Waals surface area (Å²) in [5, 5.41) is 18.5. The van der Waals surface area contributed by atoms with E-state index in [9.17, 15) is 14.9 Å². The van der Waals surface area contributed by atoms with Gasteiger partial charge in [0, 0.05) is 25.1 Å².